The van der Waals surface area contributed by atoms with Gasteiger partial charge in [-0.1, -0.05) is 13.8 Å². The van der Waals surface area contributed by atoms with E-state index < -0.39 is 6.10 Å². The van der Waals surface area contributed by atoms with Crippen LogP contribution in [0.15, 0.2) is 24.7 Å². The van der Waals surface area contributed by atoms with Gasteiger partial charge in [-0.15, -0.1) is 0 Å². The van der Waals surface area contributed by atoms with Gasteiger partial charge in [0.1, 0.15) is 0 Å². The van der Waals surface area contributed by atoms with Gasteiger partial charge in [0.2, 0.25) is 5.78 Å². The number of nitrogens with one attached hydrogen (secondary N) is 1. The van der Waals surface area contributed by atoms with Gasteiger partial charge in [0.05, 0.1) is 24.6 Å². The van der Waals surface area contributed by atoms with Crippen LogP contribution in [-0.2, 0) is 11.3 Å². The quantitative estimate of drug-likeness (QED) is 0.749. The van der Waals surface area contributed by atoms with Crippen molar-refractivity contribution in [1.29, 1.82) is 0 Å². The van der Waals surface area contributed by atoms with Crippen molar-refractivity contribution >= 4 is 5.78 Å². The molecule has 0 saturated heterocycles. The number of aliphatic hydroxyl groups is 1. The molecule has 2 aromatic rings. The normalized spacial score (nSPS) is 13.2. The van der Waals surface area contributed by atoms with Gasteiger partial charge in [-0.25, -0.2) is 9.97 Å². The van der Waals surface area contributed by atoms with Crippen LogP contribution in [0.3, 0.4) is 0 Å². The highest BCUT2D eigenvalue weighted by atomic mass is 16.5. The molecule has 1 unspecified atom stereocenters. The molecule has 6 nitrogen and oxygen atoms in total. The first-order valence-corrected chi connectivity index (χ1v) is 6.90. The van der Waals surface area contributed by atoms with Crippen LogP contribution in [0, 0.1) is 5.92 Å². The smallest absolute Gasteiger partial charge is 0.233 e. The van der Waals surface area contributed by atoms with Crippen LogP contribution in [0.2, 0.25) is 0 Å². The number of ether oxygens (including phenoxy) is 1. The molecule has 0 spiro atoms. The number of fused-ring (bicyclic) bond motifs is 1. The third-order valence-electron chi connectivity index (χ3n) is 2.81. The highest BCUT2D eigenvalue weighted by Gasteiger charge is 2.07. The lowest BCUT2D eigenvalue weighted by atomic mass is 10.2. The molecule has 6 heteroatoms. The van der Waals surface area contributed by atoms with Gasteiger partial charge in [0, 0.05) is 32.1 Å². The summed E-state index contributed by atoms with van der Waals surface area (Å²) in [7, 11) is 0. The van der Waals surface area contributed by atoms with Gasteiger partial charge < -0.3 is 15.2 Å². The second kappa shape index (κ2) is 7.33. The van der Waals surface area contributed by atoms with Crippen LogP contribution in [0.4, 0.5) is 0 Å². The Hall–Kier alpha value is -1.50. The SMILES string of the molecule is CC(C)COCC(O)CNCc1cnc2ncccn12. The summed E-state index contributed by atoms with van der Waals surface area (Å²) in [6, 6.07) is 1.87. The zero-order valence-electron chi connectivity index (χ0n) is 12.0. The van der Waals surface area contributed by atoms with E-state index in [9.17, 15) is 5.11 Å². The van der Waals surface area contributed by atoms with E-state index in [1.54, 1.807) is 12.4 Å². The third-order valence-corrected chi connectivity index (χ3v) is 2.81. The number of imidazole rings is 1. The van der Waals surface area contributed by atoms with Crippen LogP contribution in [-0.4, -0.2) is 45.3 Å². The Morgan fingerprint density at radius 1 is 1.35 bits per heavy atom. The van der Waals surface area contributed by atoms with Crippen molar-refractivity contribution in [2.24, 2.45) is 5.92 Å². The predicted molar refractivity (Wildman–Crippen MR) is 76.4 cm³/mol. The van der Waals surface area contributed by atoms with Crippen molar-refractivity contribution in [1.82, 2.24) is 19.7 Å². The second-order valence-electron chi connectivity index (χ2n) is 5.26. The fourth-order valence-electron chi connectivity index (χ4n) is 1.87. The Bertz CT molecular complexity index is 527. The number of hydrogen-bond donors (Lipinski definition) is 2. The van der Waals surface area contributed by atoms with E-state index in [4.69, 9.17) is 4.74 Å². The highest BCUT2D eigenvalue weighted by Crippen LogP contribution is 2.02. The summed E-state index contributed by atoms with van der Waals surface area (Å²) >= 11 is 0. The first-order chi connectivity index (χ1) is 9.66. The lowest BCUT2D eigenvalue weighted by Gasteiger charge is -2.13. The molecule has 0 fully saturated rings. The maximum Gasteiger partial charge on any atom is 0.233 e. The largest absolute Gasteiger partial charge is 0.389 e. The molecule has 2 heterocycles. The van der Waals surface area contributed by atoms with Crippen LogP contribution in [0.25, 0.3) is 5.78 Å². The van der Waals surface area contributed by atoms with Crippen LogP contribution >= 0.6 is 0 Å². The zero-order chi connectivity index (χ0) is 14.4. The fourth-order valence-corrected chi connectivity index (χ4v) is 1.87. The summed E-state index contributed by atoms with van der Waals surface area (Å²) < 4.78 is 7.32. The summed E-state index contributed by atoms with van der Waals surface area (Å²) in [4.78, 5) is 8.37. The monoisotopic (exact) mass is 278 g/mol. The third kappa shape index (κ3) is 4.26. The minimum absolute atomic E-state index is 0.361. The van der Waals surface area contributed by atoms with E-state index in [1.807, 2.05) is 16.7 Å². The fraction of sp³-hybridized carbons (Fsp3) is 0.571. The van der Waals surface area contributed by atoms with Crippen molar-refractivity contribution < 1.29 is 9.84 Å². The van der Waals surface area contributed by atoms with Crippen LogP contribution < -0.4 is 5.32 Å². The minimum atomic E-state index is -0.494. The molecule has 0 aliphatic heterocycles. The minimum Gasteiger partial charge on any atom is -0.389 e. The van der Waals surface area contributed by atoms with Crippen molar-refractivity contribution in [3.63, 3.8) is 0 Å². The van der Waals surface area contributed by atoms with E-state index in [0.29, 0.717) is 38.0 Å². The Labute approximate surface area is 118 Å². The maximum absolute atomic E-state index is 9.78. The maximum atomic E-state index is 9.78. The van der Waals surface area contributed by atoms with E-state index in [1.165, 1.54) is 0 Å². The standard InChI is InChI=1S/C14H22N4O2/c1-11(2)9-20-10-13(19)8-15-6-12-7-17-14-16-4-3-5-18(12)14/h3-5,7,11,13,15,19H,6,8-10H2,1-2H3. The molecule has 1 atom stereocenters. The molecule has 0 aliphatic carbocycles. The number of rotatable bonds is 8. The van der Waals surface area contributed by atoms with Gasteiger partial charge in [0.15, 0.2) is 0 Å². The molecular formula is C14H22N4O2. The number of aromatic nitrogens is 3. The predicted octanol–water partition coefficient (Wildman–Crippen LogP) is 0.852. The Morgan fingerprint density at radius 2 is 2.20 bits per heavy atom. The molecular weight excluding hydrogens is 256 g/mol. The summed E-state index contributed by atoms with van der Waals surface area (Å²) in [5.74, 6) is 1.17. The van der Waals surface area contributed by atoms with E-state index in [0.717, 1.165) is 5.69 Å². The molecule has 0 radical (unpaired) electrons. The Kier molecular flexibility index (Phi) is 5.46. The zero-order valence-corrected chi connectivity index (χ0v) is 12.0. The lowest BCUT2D eigenvalue weighted by Crippen LogP contribution is -2.30. The van der Waals surface area contributed by atoms with E-state index in [2.05, 4.69) is 29.1 Å². The molecule has 0 aromatic carbocycles. The van der Waals surface area contributed by atoms with E-state index >= 15 is 0 Å². The van der Waals surface area contributed by atoms with E-state index in [-0.39, 0.29) is 0 Å². The molecule has 0 amide bonds. The number of hydrogen-bond acceptors (Lipinski definition) is 5. The molecule has 0 bridgehead atoms. The van der Waals surface area contributed by atoms with Crippen molar-refractivity contribution in [2.45, 2.75) is 26.5 Å². The lowest BCUT2D eigenvalue weighted by molar-refractivity contribution is 0.0260. The second-order valence-corrected chi connectivity index (χ2v) is 5.26. The molecule has 0 aliphatic rings. The number of aliphatic hydroxyl groups excluding tert-OH is 1. The molecule has 0 saturated carbocycles. The van der Waals surface area contributed by atoms with Gasteiger partial charge in [0.25, 0.3) is 0 Å². The van der Waals surface area contributed by atoms with Crippen molar-refractivity contribution in [2.75, 3.05) is 19.8 Å². The topological polar surface area (TPSA) is 71.7 Å². The van der Waals surface area contributed by atoms with Gasteiger partial charge in [-0.2, -0.15) is 0 Å². The molecule has 2 rings (SSSR count). The highest BCUT2D eigenvalue weighted by molar-refractivity contribution is 5.30. The van der Waals surface area contributed by atoms with Gasteiger partial charge in [-0.3, -0.25) is 4.40 Å². The van der Waals surface area contributed by atoms with Crippen LogP contribution in [0.5, 0.6) is 0 Å². The molecule has 20 heavy (non-hydrogen) atoms. The molecule has 110 valence electrons. The van der Waals surface area contributed by atoms with Crippen molar-refractivity contribution in [3.05, 3.63) is 30.4 Å². The summed E-state index contributed by atoms with van der Waals surface area (Å²) in [6.07, 6.45) is 4.94. The average molecular weight is 278 g/mol. The summed E-state index contributed by atoms with van der Waals surface area (Å²) in [6.45, 7) is 6.34. The first-order valence-electron chi connectivity index (χ1n) is 6.90. The van der Waals surface area contributed by atoms with Crippen molar-refractivity contribution in [3.8, 4) is 0 Å². The Balaban J connectivity index is 1.73. The first kappa shape index (κ1) is 14.9. The Morgan fingerprint density at radius 3 is 3.00 bits per heavy atom. The van der Waals surface area contributed by atoms with Crippen LogP contribution in [0.1, 0.15) is 19.5 Å². The average Bonchev–Trinajstić information content (AvgIpc) is 2.82. The summed E-state index contributed by atoms with van der Waals surface area (Å²) in [5, 5.41) is 13.0. The van der Waals surface area contributed by atoms with Gasteiger partial charge in [-0.05, 0) is 12.0 Å². The number of nitrogens with zero attached hydrogens (tertiary/aromatic N) is 3. The summed E-state index contributed by atoms with van der Waals surface area (Å²) in [5.41, 5.74) is 1.02. The molecule has 2 aromatic heterocycles. The van der Waals surface area contributed by atoms with Gasteiger partial charge >= 0.3 is 0 Å². The molecule has 2 N–H and O–H groups in total.